The zero-order valence-electron chi connectivity index (χ0n) is 22.3. The summed E-state index contributed by atoms with van der Waals surface area (Å²) in [5.41, 5.74) is 1.73. The molecule has 2 N–H and O–H groups in total. The van der Waals surface area contributed by atoms with Gasteiger partial charge < -0.3 is 20.1 Å². The molecular weight excluding hydrogens is 534 g/mol. The van der Waals surface area contributed by atoms with Gasteiger partial charge in [-0.1, -0.05) is 66.8 Å². The predicted molar refractivity (Wildman–Crippen MR) is 153 cm³/mol. The largest absolute Gasteiger partial charge is 0.492 e. The van der Waals surface area contributed by atoms with E-state index in [1.807, 2.05) is 38.2 Å². The predicted octanol–water partition coefficient (Wildman–Crippen LogP) is 3.86. The molecule has 3 fully saturated rings. The second-order valence-electron chi connectivity index (χ2n) is 12.5. The minimum Gasteiger partial charge on any atom is -0.492 e. The van der Waals surface area contributed by atoms with E-state index in [9.17, 15) is 9.59 Å². The molecule has 2 saturated heterocycles. The van der Waals surface area contributed by atoms with Crippen LogP contribution in [0, 0.1) is 28.6 Å². The van der Waals surface area contributed by atoms with Crippen molar-refractivity contribution < 1.29 is 19.1 Å². The maximum Gasteiger partial charge on any atom is 0.238 e. The molecule has 2 spiro atoms. The molecule has 2 aromatic rings. The number of nitrogens with one attached hydrogen (secondary N) is 2. The van der Waals surface area contributed by atoms with Gasteiger partial charge in [0.25, 0.3) is 0 Å². The average Bonchev–Trinajstić information content (AvgIpc) is 3.41. The third kappa shape index (κ3) is 3.39. The van der Waals surface area contributed by atoms with Gasteiger partial charge in [-0.3, -0.25) is 9.59 Å². The number of halogens is 2. The molecular formula is C30H31BCl2N2O4. The first-order valence-electron chi connectivity index (χ1n) is 13.7. The maximum atomic E-state index is 14.6. The molecule has 6 atom stereocenters. The minimum absolute atomic E-state index is 0.0506. The van der Waals surface area contributed by atoms with E-state index in [2.05, 4.69) is 36.6 Å². The van der Waals surface area contributed by atoms with Crippen LogP contribution < -0.4 is 20.8 Å². The average molecular weight is 565 g/mol. The summed E-state index contributed by atoms with van der Waals surface area (Å²) in [6.07, 6.45) is 3.10. The number of amides is 2. The van der Waals surface area contributed by atoms with Gasteiger partial charge in [-0.2, -0.15) is 0 Å². The van der Waals surface area contributed by atoms with Gasteiger partial charge in [0.15, 0.2) is 0 Å². The summed E-state index contributed by atoms with van der Waals surface area (Å²) in [4.78, 5) is 28.2. The second-order valence-corrected chi connectivity index (χ2v) is 13.4. The maximum absolute atomic E-state index is 14.6. The summed E-state index contributed by atoms with van der Waals surface area (Å²) in [6, 6.07) is 11.0. The van der Waals surface area contributed by atoms with Crippen LogP contribution in [0.2, 0.25) is 5.02 Å². The molecule has 3 unspecified atom stereocenters. The standard InChI is InChI=1S/C30H31BCl2N2O4/c1-15-21(33)7-6-20-25(15)29(20)11-24(36)35-26(30(29)19-5-4-17(32)10-22(19)34-27(30)37)18-9-16(31)3-8-23(18)39-14-28(2)12-38-13-28/h3-5,7-10,15,20,25-26H,6,11-14,31H2,1-2H3,(H,34,37)(H,35,36)/t15-,20?,25?,26+,29?,30-/m0/s1. The number of fused-ring (bicyclic) bond motifs is 6. The van der Waals surface area contributed by atoms with Crippen molar-refractivity contribution in [2.24, 2.45) is 28.6 Å². The van der Waals surface area contributed by atoms with Crippen LogP contribution in [0.25, 0.3) is 0 Å². The number of piperidine rings is 1. The van der Waals surface area contributed by atoms with Gasteiger partial charge in [0.05, 0.1) is 25.9 Å². The Labute approximate surface area is 239 Å². The first kappa shape index (κ1) is 25.5. The fraction of sp³-hybridized carbons (Fsp3) is 0.467. The molecule has 2 amide bonds. The Hall–Kier alpha value is -2.48. The van der Waals surface area contributed by atoms with E-state index in [1.165, 1.54) is 0 Å². The molecule has 39 heavy (non-hydrogen) atoms. The number of hydrogen-bond donors (Lipinski definition) is 2. The van der Waals surface area contributed by atoms with Crippen LogP contribution in [0.3, 0.4) is 0 Å². The number of carbonyl (C=O) groups excluding carboxylic acids is 2. The second kappa shape index (κ2) is 8.51. The van der Waals surface area contributed by atoms with Crippen molar-refractivity contribution in [1.82, 2.24) is 5.32 Å². The van der Waals surface area contributed by atoms with Gasteiger partial charge >= 0.3 is 0 Å². The SMILES string of the molecule is Bc1ccc(OCC2(C)COC2)c([C@H]2NC(=O)CC3(C4CC=C(Cl)[C@H](C)C43)[C@]23C(=O)Nc2cc(Cl)ccc23)c1. The molecule has 0 aromatic heterocycles. The molecule has 3 aliphatic heterocycles. The number of carbonyl (C=O) groups is 2. The van der Waals surface area contributed by atoms with Crippen LogP contribution in [0.1, 0.15) is 43.9 Å². The van der Waals surface area contributed by atoms with Crippen LogP contribution in [0.15, 0.2) is 47.5 Å². The Balaban J connectivity index is 1.44. The van der Waals surface area contributed by atoms with Gasteiger partial charge in [-0.25, -0.2) is 0 Å². The number of rotatable bonds is 4. The lowest BCUT2D eigenvalue weighted by atomic mass is 9.56. The summed E-state index contributed by atoms with van der Waals surface area (Å²) in [7, 11) is 2.02. The van der Waals surface area contributed by atoms with Crippen molar-refractivity contribution in [2.75, 3.05) is 25.1 Å². The van der Waals surface area contributed by atoms with Crippen LogP contribution in [-0.2, 0) is 19.7 Å². The van der Waals surface area contributed by atoms with Crippen LogP contribution in [-0.4, -0.2) is 39.5 Å². The quantitative estimate of drug-likeness (QED) is 0.553. The number of benzene rings is 2. The Morgan fingerprint density at radius 1 is 1.15 bits per heavy atom. The van der Waals surface area contributed by atoms with E-state index in [1.54, 1.807) is 0 Å². The van der Waals surface area contributed by atoms with E-state index in [0.29, 0.717) is 36.3 Å². The van der Waals surface area contributed by atoms with Crippen molar-refractivity contribution in [2.45, 2.75) is 38.1 Å². The Morgan fingerprint density at radius 2 is 1.95 bits per heavy atom. The number of hydrogen-bond acceptors (Lipinski definition) is 4. The lowest BCUT2D eigenvalue weighted by Gasteiger charge is -2.49. The molecule has 2 aromatic carbocycles. The van der Waals surface area contributed by atoms with E-state index >= 15 is 0 Å². The lowest BCUT2D eigenvalue weighted by Crippen LogP contribution is -2.60. The zero-order chi connectivity index (χ0) is 27.3. The first-order chi connectivity index (χ1) is 18.6. The van der Waals surface area contributed by atoms with E-state index < -0.39 is 16.9 Å². The van der Waals surface area contributed by atoms with Crippen LogP contribution in [0.5, 0.6) is 5.75 Å². The molecule has 3 heterocycles. The van der Waals surface area contributed by atoms with Gasteiger partial charge in [0.2, 0.25) is 11.8 Å². The van der Waals surface area contributed by atoms with Crippen LogP contribution >= 0.6 is 23.2 Å². The summed E-state index contributed by atoms with van der Waals surface area (Å²) < 4.78 is 11.9. The topological polar surface area (TPSA) is 76.7 Å². The molecule has 1 saturated carbocycles. The molecule has 2 aliphatic carbocycles. The van der Waals surface area contributed by atoms with Crippen molar-refractivity contribution >= 4 is 54.0 Å². The Kier molecular flexibility index (Phi) is 5.56. The fourth-order valence-corrected chi connectivity index (χ4v) is 8.67. The molecule has 7 rings (SSSR count). The van der Waals surface area contributed by atoms with E-state index in [0.717, 1.165) is 28.0 Å². The lowest BCUT2D eigenvalue weighted by molar-refractivity contribution is -0.136. The molecule has 6 nitrogen and oxygen atoms in total. The molecule has 202 valence electrons. The highest BCUT2D eigenvalue weighted by molar-refractivity contribution is 6.32. The zero-order valence-corrected chi connectivity index (χ0v) is 23.8. The highest BCUT2D eigenvalue weighted by Gasteiger charge is 2.82. The molecule has 9 heteroatoms. The molecule has 0 radical (unpaired) electrons. The first-order valence-corrected chi connectivity index (χ1v) is 14.4. The van der Waals surface area contributed by atoms with Crippen molar-refractivity contribution in [3.8, 4) is 5.75 Å². The van der Waals surface area contributed by atoms with Gasteiger partial charge in [-0.05, 0) is 47.9 Å². The highest BCUT2D eigenvalue weighted by Crippen LogP contribution is 2.80. The van der Waals surface area contributed by atoms with Gasteiger partial charge in [0, 0.05) is 38.6 Å². The van der Waals surface area contributed by atoms with Gasteiger partial charge in [0.1, 0.15) is 19.0 Å². The van der Waals surface area contributed by atoms with Crippen molar-refractivity contribution in [3.63, 3.8) is 0 Å². The Bertz CT molecular complexity index is 1460. The fourth-order valence-electron chi connectivity index (χ4n) is 8.27. The molecule has 5 aliphatic rings. The summed E-state index contributed by atoms with van der Waals surface area (Å²) in [5.74, 6) is 0.857. The summed E-state index contributed by atoms with van der Waals surface area (Å²) in [5, 5.41) is 7.83. The monoisotopic (exact) mass is 564 g/mol. The normalized spacial score (nSPS) is 35.4. The number of allylic oxidation sites excluding steroid dienone is 2. The van der Waals surface area contributed by atoms with Gasteiger partial charge in [-0.15, -0.1) is 0 Å². The van der Waals surface area contributed by atoms with Crippen molar-refractivity contribution in [3.05, 3.63) is 63.7 Å². The van der Waals surface area contributed by atoms with E-state index in [4.69, 9.17) is 32.7 Å². The molecule has 0 bridgehead atoms. The third-order valence-electron chi connectivity index (χ3n) is 10.0. The summed E-state index contributed by atoms with van der Waals surface area (Å²) in [6.45, 7) is 6.04. The third-order valence-corrected chi connectivity index (χ3v) is 10.7. The van der Waals surface area contributed by atoms with Crippen LogP contribution in [0.4, 0.5) is 5.69 Å². The van der Waals surface area contributed by atoms with E-state index in [-0.39, 0.29) is 41.4 Å². The smallest absolute Gasteiger partial charge is 0.238 e. The summed E-state index contributed by atoms with van der Waals surface area (Å²) >= 11 is 13.1. The minimum atomic E-state index is -1.05. The number of anilines is 1. The highest BCUT2D eigenvalue weighted by atomic mass is 35.5. The van der Waals surface area contributed by atoms with Crippen molar-refractivity contribution in [1.29, 1.82) is 0 Å². The number of ether oxygens (including phenoxy) is 2. The Morgan fingerprint density at radius 3 is 2.69 bits per heavy atom.